The Morgan fingerprint density at radius 2 is 2.31 bits per heavy atom. The van der Waals surface area contributed by atoms with E-state index in [4.69, 9.17) is 5.11 Å². The third kappa shape index (κ3) is 2.22. The molecule has 0 spiro atoms. The Balaban J connectivity index is 2.34. The minimum atomic E-state index is -1.06. The van der Waals surface area contributed by atoms with Gasteiger partial charge in [-0.25, -0.2) is 9.18 Å². The molecule has 2 rings (SSSR count). The van der Waals surface area contributed by atoms with Crippen LogP contribution in [0, 0.1) is 5.82 Å². The minimum Gasteiger partial charge on any atom is -0.478 e. The molecule has 1 saturated heterocycles. The van der Waals surface area contributed by atoms with Gasteiger partial charge in [0.15, 0.2) is 0 Å². The van der Waals surface area contributed by atoms with Gasteiger partial charge in [-0.2, -0.15) is 0 Å². The number of aromatic carboxylic acids is 1. The van der Waals surface area contributed by atoms with Crippen LogP contribution in [0.3, 0.4) is 0 Å². The van der Waals surface area contributed by atoms with Gasteiger partial charge in [-0.05, 0) is 43.0 Å². The van der Waals surface area contributed by atoms with Crippen LogP contribution < -0.4 is 5.32 Å². The lowest BCUT2D eigenvalue weighted by Gasteiger charge is -2.24. The number of hydrogen-bond acceptors (Lipinski definition) is 2. The standard InChI is InChI=1S/C12H14FNO2/c13-9-3-4-10(11(6-9)12(15)16)8-2-1-5-14-7-8/h3-4,6,8,14H,1-2,5,7H2,(H,15,16). The summed E-state index contributed by atoms with van der Waals surface area (Å²) in [7, 11) is 0. The van der Waals surface area contributed by atoms with Gasteiger partial charge in [0.25, 0.3) is 0 Å². The second kappa shape index (κ2) is 4.61. The molecule has 1 aliphatic heterocycles. The number of halogens is 1. The molecule has 0 amide bonds. The highest BCUT2D eigenvalue weighted by molar-refractivity contribution is 5.89. The van der Waals surface area contributed by atoms with Crippen LogP contribution in [0.15, 0.2) is 18.2 Å². The van der Waals surface area contributed by atoms with Crippen molar-refractivity contribution in [3.05, 3.63) is 35.1 Å². The van der Waals surface area contributed by atoms with Crippen molar-refractivity contribution in [1.82, 2.24) is 5.32 Å². The van der Waals surface area contributed by atoms with Crippen molar-refractivity contribution in [2.75, 3.05) is 13.1 Å². The van der Waals surface area contributed by atoms with Crippen LogP contribution in [-0.4, -0.2) is 24.2 Å². The van der Waals surface area contributed by atoms with Crippen molar-refractivity contribution in [3.63, 3.8) is 0 Å². The van der Waals surface area contributed by atoms with Crippen LogP contribution in [-0.2, 0) is 0 Å². The number of rotatable bonds is 2. The fourth-order valence-corrected chi connectivity index (χ4v) is 2.19. The molecule has 0 aromatic heterocycles. The molecule has 1 aliphatic rings. The van der Waals surface area contributed by atoms with Gasteiger partial charge in [0, 0.05) is 6.54 Å². The van der Waals surface area contributed by atoms with Crippen molar-refractivity contribution in [3.8, 4) is 0 Å². The highest BCUT2D eigenvalue weighted by Gasteiger charge is 2.21. The monoisotopic (exact) mass is 223 g/mol. The summed E-state index contributed by atoms with van der Waals surface area (Å²) in [6, 6.07) is 4.03. The molecular weight excluding hydrogens is 209 g/mol. The molecule has 0 radical (unpaired) electrons. The van der Waals surface area contributed by atoms with Crippen molar-refractivity contribution in [1.29, 1.82) is 0 Å². The number of carboxylic acids is 1. The normalized spacial score (nSPS) is 20.7. The second-order valence-electron chi connectivity index (χ2n) is 4.08. The average Bonchev–Trinajstić information content (AvgIpc) is 2.30. The number of carbonyl (C=O) groups is 1. The maximum Gasteiger partial charge on any atom is 0.336 e. The van der Waals surface area contributed by atoms with Gasteiger partial charge in [0.2, 0.25) is 0 Å². The topological polar surface area (TPSA) is 49.3 Å². The van der Waals surface area contributed by atoms with E-state index in [2.05, 4.69) is 5.32 Å². The van der Waals surface area contributed by atoms with Crippen molar-refractivity contribution in [2.24, 2.45) is 0 Å². The summed E-state index contributed by atoms with van der Waals surface area (Å²) in [5.74, 6) is -1.37. The number of piperidine rings is 1. The fraction of sp³-hybridized carbons (Fsp3) is 0.417. The zero-order valence-electron chi connectivity index (χ0n) is 8.87. The largest absolute Gasteiger partial charge is 0.478 e. The van der Waals surface area contributed by atoms with E-state index < -0.39 is 11.8 Å². The van der Waals surface area contributed by atoms with Crippen LogP contribution in [0.25, 0.3) is 0 Å². The summed E-state index contributed by atoms with van der Waals surface area (Å²) >= 11 is 0. The SMILES string of the molecule is O=C(O)c1cc(F)ccc1C1CCCNC1. The smallest absolute Gasteiger partial charge is 0.336 e. The molecular formula is C12H14FNO2. The summed E-state index contributed by atoms with van der Waals surface area (Å²) in [5.41, 5.74) is 0.829. The molecule has 1 aromatic rings. The number of benzene rings is 1. The summed E-state index contributed by atoms with van der Waals surface area (Å²) in [6.07, 6.45) is 1.99. The van der Waals surface area contributed by atoms with Gasteiger partial charge in [0.1, 0.15) is 5.82 Å². The molecule has 0 saturated carbocycles. The summed E-state index contributed by atoms with van der Waals surface area (Å²) in [6.45, 7) is 1.74. The maximum absolute atomic E-state index is 13.0. The highest BCUT2D eigenvalue weighted by atomic mass is 19.1. The van der Waals surface area contributed by atoms with Gasteiger partial charge in [-0.1, -0.05) is 6.07 Å². The van der Waals surface area contributed by atoms with Crippen molar-refractivity contribution in [2.45, 2.75) is 18.8 Å². The maximum atomic E-state index is 13.0. The van der Waals surface area contributed by atoms with E-state index in [-0.39, 0.29) is 11.5 Å². The summed E-state index contributed by atoms with van der Waals surface area (Å²) in [5, 5.41) is 12.3. The molecule has 4 heteroatoms. The van der Waals surface area contributed by atoms with E-state index in [0.717, 1.165) is 37.6 Å². The first-order valence-electron chi connectivity index (χ1n) is 5.42. The average molecular weight is 223 g/mol. The third-order valence-electron chi connectivity index (χ3n) is 2.98. The van der Waals surface area contributed by atoms with Crippen LogP contribution >= 0.6 is 0 Å². The molecule has 3 nitrogen and oxygen atoms in total. The zero-order valence-corrected chi connectivity index (χ0v) is 8.87. The molecule has 0 aliphatic carbocycles. The molecule has 2 N–H and O–H groups in total. The first-order chi connectivity index (χ1) is 7.68. The predicted molar refractivity (Wildman–Crippen MR) is 58.2 cm³/mol. The fourth-order valence-electron chi connectivity index (χ4n) is 2.19. The van der Waals surface area contributed by atoms with Crippen LogP contribution in [0.2, 0.25) is 0 Å². The third-order valence-corrected chi connectivity index (χ3v) is 2.98. The van der Waals surface area contributed by atoms with E-state index in [9.17, 15) is 9.18 Å². The van der Waals surface area contributed by atoms with Gasteiger partial charge >= 0.3 is 5.97 Å². The molecule has 86 valence electrons. The Labute approximate surface area is 93.3 Å². The zero-order chi connectivity index (χ0) is 11.5. The lowest BCUT2D eigenvalue weighted by Crippen LogP contribution is -2.29. The number of carboxylic acid groups (broad SMARTS) is 1. The van der Waals surface area contributed by atoms with E-state index in [1.54, 1.807) is 6.07 Å². The quantitative estimate of drug-likeness (QED) is 0.806. The van der Waals surface area contributed by atoms with E-state index >= 15 is 0 Å². The molecule has 1 unspecified atom stereocenters. The molecule has 1 aromatic carbocycles. The first kappa shape index (κ1) is 11.1. The Morgan fingerprint density at radius 1 is 1.50 bits per heavy atom. The molecule has 1 atom stereocenters. The van der Waals surface area contributed by atoms with E-state index in [1.807, 2.05) is 0 Å². The number of nitrogens with one attached hydrogen (secondary N) is 1. The Hall–Kier alpha value is -1.42. The van der Waals surface area contributed by atoms with Gasteiger partial charge in [-0.15, -0.1) is 0 Å². The molecule has 1 fully saturated rings. The van der Waals surface area contributed by atoms with Gasteiger partial charge in [-0.3, -0.25) is 0 Å². The molecule has 16 heavy (non-hydrogen) atoms. The lowest BCUT2D eigenvalue weighted by atomic mass is 9.88. The molecule has 1 heterocycles. The number of hydrogen-bond donors (Lipinski definition) is 2. The van der Waals surface area contributed by atoms with Gasteiger partial charge < -0.3 is 10.4 Å². The Kier molecular flexibility index (Phi) is 3.19. The van der Waals surface area contributed by atoms with Crippen LogP contribution in [0.4, 0.5) is 4.39 Å². The van der Waals surface area contributed by atoms with Crippen molar-refractivity contribution >= 4 is 5.97 Å². The van der Waals surface area contributed by atoms with Gasteiger partial charge in [0.05, 0.1) is 5.56 Å². The van der Waals surface area contributed by atoms with Crippen LogP contribution in [0.1, 0.15) is 34.7 Å². The highest BCUT2D eigenvalue weighted by Crippen LogP contribution is 2.26. The second-order valence-corrected chi connectivity index (χ2v) is 4.08. The Bertz CT molecular complexity index is 400. The van der Waals surface area contributed by atoms with Crippen LogP contribution in [0.5, 0.6) is 0 Å². The Morgan fingerprint density at radius 3 is 2.94 bits per heavy atom. The first-order valence-corrected chi connectivity index (χ1v) is 5.42. The van der Waals surface area contributed by atoms with E-state index in [0.29, 0.717) is 0 Å². The summed E-state index contributed by atoms with van der Waals surface area (Å²) in [4.78, 5) is 11.0. The van der Waals surface area contributed by atoms with Crippen molar-refractivity contribution < 1.29 is 14.3 Å². The molecule has 0 bridgehead atoms. The summed E-state index contributed by atoms with van der Waals surface area (Å²) < 4.78 is 13.0. The van der Waals surface area contributed by atoms with E-state index in [1.165, 1.54) is 6.07 Å². The minimum absolute atomic E-state index is 0.0914. The predicted octanol–water partition coefficient (Wildman–Crippen LogP) is 1.99. The lowest BCUT2D eigenvalue weighted by molar-refractivity contribution is 0.0694.